The van der Waals surface area contributed by atoms with Crippen molar-refractivity contribution in [2.45, 2.75) is 50.5 Å². The Labute approximate surface area is 212 Å². The van der Waals surface area contributed by atoms with Gasteiger partial charge in [0.25, 0.3) is 0 Å². The molecule has 3 aromatic carbocycles. The van der Waals surface area contributed by atoms with Gasteiger partial charge in [-0.05, 0) is 55.7 Å². The Bertz CT molecular complexity index is 1330. The first-order valence-electron chi connectivity index (χ1n) is 11.8. The lowest BCUT2D eigenvalue weighted by Crippen LogP contribution is -2.37. The van der Waals surface area contributed by atoms with Crippen molar-refractivity contribution in [3.63, 3.8) is 0 Å². The first-order valence-corrected chi connectivity index (χ1v) is 13.7. The van der Waals surface area contributed by atoms with E-state index >= 15 is 0 Å². The highest BCUT2D eigenvalue weighted by atomic mass is 32.2. The van der Waals surface area contributed by atoms with Crippen LogP contribution in [0.5, 0.6) is 5.75 Å². The summed E-state index contributed by atoms with van der Waals surface area (Å²) in [5, 5.41) is 9.65. The first-order chi connectivity index (χ1) is 17.0. The molecular weight excluding hydrogens is 477 g/mol. The van der Waals surface area contributed by atoms with Crippen molar-refractivity contribution in [1.82, 2.24) is 4.90 Å². The molecule has 3 aromatic rings. The number of allylic oxidation sites excluding steroid dienone is 2. The van der Waals surface area contributed by atoms with Crippen LogP contribution in [-0.4, -0.2) is 30.6 Å². The number of phenolic OH excluding ortho intramolecular Hbond substituents is 1. The average molecular weight is 510 g/mol. The van der Waals surface area contributed by atoms with E-state index in [-0.39, 0.29) is 28.5 Å². The third-order valence-electron chi connectivity index (χ3n) is 6.27. The number of nitrogens with zero attached hydrogens (tertiary/aromatic N) is 1. The summed E-state index contributed by atoms with van der Waals surface area (Å²) in [7, 11) is -3.41. The number of hydrogen-bond acceptors (Lipinski definition) is 4. The summed E-state index contributed by atoms with van der Waals surface area (Å²) < 4.78 is 34.3. The molecule has 0 unspecified atom stereocenters. The summed E-state index contributed by atoms with van der Waals surface area (Å²) in [5.74, 6) is -0.162. The van der Waals surface area contributed by atoms with Crippen LogP contribution < -0.4 is 0 Å². The number of benzene rings is 3. The Kier molecular flexibility index (Phi) is 8.69. The van der Waals surface area contributed by atoms with Crippen molar-refractivity contribution in [3.05, 3.63) is 107 Å². The summed E-state index contributed by atoms with van der Waals surface area (Å²) in [4.78, 5) is 14.4. The number of hydrogen-bond donors (Lipinski definition) is 1. The summed E-state index contributed by atoms with van der Waals surface area (Å²) >= 11 is 0. The van der Waals surface area contributed by atoms with Crippen LogP contribution in [0.2, 0.25) is 0 Å². The predicted molar refractivity (Wildman–Crippen MR) is 140 cm³/mol. The molecule has 0 fully saturated rings. The van der Waals surface area contributed by atoms with Crippen molar-refractivity contribution < 1.29 is 22.7 Å². The molecule has 0 radical (unpaired) electrons. The molecule has 5 nitrogen and oxygen atoms in total. The molecule has 0 spiro atoms. The minimum absolute atomic E-state index is 0.0904. The average Bonchev–Trinajstić information content (AvgIpc) is 2.82. The van der Waals surface area contributed by atoms with Crippen LogP contribution in [0.25, 0.3) is 0 Å². The minimum Gasteiger partial charge on any atom is -0.508 e. The molecule has 7 heteroatoms. The van der Waals surface area contributed by atoms with Crippen molar-refractivity contribution in [1.29, 1.82) is 0 Å². The van der Waals surface area contributed by atoms with Crippen LogP contribution in [0.1, 0.15) is 55.3 Å². The predicted octanol–water partition coefficient (Wildman–Crippen LogP) is 6.30. The van der Waals surface area contributed by atoms with Crippen LogP contribution in [-0.2, 0) is 14.6 Å². The van der Waals surface area contributed by atoms with Gasteiger partial charge >= 0.3 is 0 Å². The zero-order valence-electron chi connectivity index (χ0n) is 21.0. The zero-order valence-corrected chi connectivity index (χ0v) is 21.8. The number of amides is 1. The van der Waals surface area contributed by atoms with E-state index in [9.17, 15) is 22.7 Å². The molecule has 0 saturated carbocycles. The van der Waals surface area contributed by atoms with Gasteiger partial charge in [-0.1, -0.05) is 67.1 Å². The van der Waals surface area contributed by atoms with Gasteiger partial charge in [0.1, 0.15) is 16.5 Å². The summed E-state index contributed by atoms with van der Waals surface area (Å²) in [6.45, 7) is 6.25. The molecule has 1 amide bonds. The molecule has 190 valence electrons. The van der Waals surface area contributed by atoms with E-state index in [2.05, 4.69) is 44.2 Å². The van der Waals surface area contributed by atoms with Gasteiger partial charge in [0.05, 0.1) is 6.04 Å². The highest BCUT2D eigenvalue weighted by Crippen LogP contribution is 2.40. The number of phenols is 1. The second-order valence-corrected chi connectivity index (χ2v) is 11.1. The second-order valence-electron chi connectivity index (χ2n) is 9.09. The number of aryl methyl sites for hydroxylation is 1. The van der Waals surface area contributed by atoms with Gasteiger partial charge in [0.2, 0.25) is 5.91 Å². The molecule has 1 aliphatic heterocycles. The smallest absolute Gasteiger partial charge is 0.227 e. The SMILES string of the molecule is CC1=CCCC(=O)N1[C@H](c1ccc(O)cc1)[C@@H](C)c1ccc(C)cc1.CS(=O)(=O)c1ccccc1F. The fraction of sp³-hybridized carbons (Fsp3) is 0.276. The maximum atomic E-state index is 12.7. The zero-order chi connectivity index (χ0) is 26.5. The lowest BCUT2D eigenvalue weighted by atomic mass is 9.86. The van der Waals surface area contributed by atoms with E-state index in [1.54, 1.807) is 12.1 Å². The van der Waals surface area contributed by atoms with Crippen LogP contribution in [0, 0.1) is 12.7 Å². The monoisotopic (exact) mass is 509 g/mol. The molecular formula is C29H32FNO4S. The lowest BCUT2D eigenvalue weighted by Gasteiger charge is -2.38. The van der Waals surface area contributed by atoms with Crippen molar-refractivity contribution in [3.8, 4) is 5.75 Å². The van der Waals surface area contributed by atoms with Crippen LogP contribution in [0.4, 0.5) is 4.39 Å². The van der Waals surface area contributed by atoms with Crippen LogP contribution in [0.15, 0.2) is 89.5 Å². The Hall–Kier alpha value is -3.45. The molecule has 2 atom stereocenters. The van der Waals surface area contributed by atoms with Crippen LogP contribution in [0.3, 0.4) is 0 Å². The number of sulfone groups is 1. The van der Waals surface area contributed by atoms with Crippen LogP contribution >= 0.6 is 0 Å². The van der Waals surface area contributed by atoms with Gasteiger partial charge in [-0.25, -0.2) is 12.8 Å². The fourth-order valence-corrected chi connectivity index (χ4v) is 5.07. The highest BCUT2D eigenvalue weighted by molar-refractivity contribution is 7.90. The van der Waals surface area contributed by atoms with Gasteiger partial charge in [0, 0.05) is 24.3 Å². The quantitative estimate of drug-likeness (QED) is 0.438. The highest BCUT2D eigenvalue weighted by Gasteiger charge is 2.33. The second kappa shape index (κ2) is 11.5. The van der Waals surface area contributed by atoms with E-state index in [0.717, 1.165) is 30.0 Å². The van der Waals surface area contributed by atoms with Gasteiger partial charge in [-0.15, -0.1) is 0 Å². The molecule has 1 aliphatic rings. The Morgan fingerprint density at radius 1 is 0.917 bits per heavy atom. The number of carbonyl (C=O) groups excluding carboxylic acids is 1. The first kappa shape index (κ1) is 27.1. The van der Waals surface area contributed by atoms with E-state index in [4.69, 9.17) is 0 Å². The maximum absolute atomic E-state index is 12.7. The van der Waals surface area contributed by atoms with Gasteiger partial charge in [-0.2, -0.15) is 0 Å². The number of halogens is 1. The normalized spacial score (nSPS) is 15.4. The van der Waals surface area contributed by atoms with Gasteiger partial charge in [-0.3, -0.25) is 4.79 Å². The Morgan fingerprint density at radius 2 is 1.50 bits per heavy atom. The number of aromatic hydroxyl groups is 1. The molecule has 1 heterocycles. The van der Waals surface area contributed by atoms with Gasteiger partial charge < -0.3 is 10.0 Å². The molecule has 1 N–H and O–H groups in total. The van der Waals surface area contributed by atoms with E-state index in [0.29, 0.717) is 6.42 Å². The van der Waals surface area contributed by atoms with Crippen molar-refractivity contribution in [2.24, 2.45) is 0 Å². The molecule has 0 aliphatic carbocycles. The molecule has 36 heavy (non-hydrogen) atoms. The largest absolute Gasteiger partial charge is 0.508 e. The standard InChI is InChI=1S/C22H25NO2.C7H7FO2S/c1-15-7-9-18(10-8-15)17(3)22(19-11-13-20(24)14-12-19)23-16(2)5-4-6-21(23)25;1-11(9,10)7-5-3-2-4-6(7)8/h5,7-14,17,22,24H,4,6H2,1-3H3;2-5H,1H3/t17-,22-;/m0./s1. The van der Waals surface area contributed by atoms with E-state index in [1.807, 2.05) is 24.0 Å². The van der Waals surface area contributed by atoms with Gasteiger partial charge in [0.15, 0.2) is 9.84 Å². The number of carbonyl (C=O) groups is 1. The van der Waals surface area contributed by atoms with Crippen molar-refractivity contribution >= 4 is 15.7 Å². The van der Waals surface area contributed by atoms with E-state index in [1.165, 1.54) is 29.3 Å². The molecule has 0 saturated heterocycles. The Balaban J connectivity index is 0.000000275. The Morgan fingerprint density at radius 3 is 2.03 bits per heavy atom. The molecule has 4 rings (SSSR count). The third-order valence-corrected chi connectivity index (χ3v) is 7.40. The third kappa shape index (κ3) is 6.61. The number of rotatable bonds is 5. The summed E-state index contributed by atoms with van der Waals surface area (Å²) in [6, 6.07) is 20.9. The lowest BCUT2D eigenvalue weighted by molar-refractivity contribution is -0.132. The molecule has 0 aromatic heterocycles. The maximum Gasteiger partial charge on any atom is 0.227 e. The van der Waals surface area contributed by atoms with E-state index < -0.39 is 15.7 Å². The van der Waals surface area contributed by atoms with Crippen molar-refractivity contribution in [2.75, 3.05) is 6.26 Å². The topological polar surface area (TPSA) is 74.7 Å². The molecule has 0 bridgehead atoms. The summed E-state index contributed by atoms with van der Waals surface area (Å²) in [5.41, 5.74) is 4.47. The summed E-state index contributed by atoms with van der Waals surface area (Å²) in [6.07, 6.45) is 4.47. The minimum atomic E-state index is -3.41. The fourth-order valence-electron chi connectivity index (χ4n) is 4.33.